The van der Waals surface area contributed by atoms with Crippen LogP contribution in [0.1, 0.15) is 33.3 Å². The van der Waals surface area contributed by atoms with Gasteiger partial charge in [-0.05, 0) is 35.4 Å². The number of hydrogen-bond acceptors (Lipinski definition) is 4. The normalized spacial score (nSPS) is 15.7. The number of para-hydroxylation sites is 1. The van der Waals surface area contributed by atoms with E-state index in [0.717, 1.165) is 11.1 Å². The van der Waals surface area contributed by atoms with E-state index >= 15 is 0 Å². The van der Waals surface area contributed by atoms with Crippen LogP contribution in [0.5, 0.6) is 0 Å². The van der Waals surface area contributed by atoms with E-state index in [4.69, 9.17) is 16.0 Å². The van der Waals surface area contributed by atoms with E-state index in [1.54, 1.807) is 53.7 Å². The molecule has 3 heterocycles. The summed E-state index contributed by atoms with van der Waals surface area (Å²) in [6.45, 7) is 0.248. The number of carbonyl (C=O) groups excluding carboxylic acids is 1. The van der Waals surface area contributed by atoms with Crippen molar-refractivity contribution in [3.05, 3.63) is 111 Å². The summed E-state index contributed by atoms with van der Waals surface area (Å²) in [7, 11) is 0. The molecular formula is C23H15ClN2O3. The first kappa shape index (κ1) is 17.6. The summed E-state index contributed by atoms with van der Waals surface area (Å²) in [5, 5.41) is 1.01. The van der Waals surface area contributed by atoms with Crippen LogP contribution in [-0.4, -0.2) is 15.8 Å². The first-order valence-electron chi connectivity index (χ1n) is 9.15. The van der Waals surface area contributed by atoms with Gasteiger partial charge in [-0.15, -0.1) is 0 Å². The standard InChI is InChI=1S/C23H15ClN2O3/c24-17-9-3-1-6-15(17)13-26-20(14-7-5-11-25-12-14)19-21(27)16-8-2-4-10-18(16)29-22(19)23(26)28/h1-12,20H,13H2/t20-/m0/s1. The van der Waals surface area contributed by atoms with Gasteiger partial charge in [0.05, 0.1) is 17.0 Å². The zero-order valence-corrected chi connectivity index (χ0v) is 16.0. The molecule has 0 radical (unpaired) electrons. The maximum atomic E-state index is 13.3. The highest BCUT2D eigenvalue weighted by molar-refractivity contribution is 6.31. The van der Waals surface area contributed by atoms with Crippen LogP contribution >= 0.6 is 11.6 Å². The van der Waals surface area contributed by atoms with Crippen molar-refractivity contribution in [1.29, 1.82) is 0 Å². The third kappa shape index (κ3) is 2.82. The fraction of sp³-hybridized carbons (Fsp3) is 0.0870. The number of aromatic nitrogens is 1. The van der Waals surface area contributed by atoms with E-state index in [0.29, 0.717) is 21.6 Å². The second-order valence-corrected chi connectivity index (χ2v) is 7.29. The molecule has 29 heavy (non-hydrogen) atoms. The monoisotopic (exact) mass is 402 g/mol. The van der Waals surface area contributed by atoms with E-state index in [-0.39, 0.29) is 23.6 Å². The lowest BCUT2D eigenvalue weighted by atomic mass is 9.99. The zero-order chi connectivity index (χ0) is 20.0. The summed E-state index contributed by atoms with van der Waals surface area (Å²) in [6.07, 6.45) is 3.32. The van der Waals surface area contributed by atoms with Crippen molar-refractivity contribution >= 4 is 28.5 Å². The molecule has 0 saturated heterocycles. The zero-order valence-electron chi connectivity index (χ0n) is 15.2. The number of amides is 1. The van der Waals surface area contributed by atoms with Gasteiger partial charge < -0.3 is 9.32 Å². The van der Waals surface area contributed by atoms with E-state index in [1.165, 1.54) is 0 Å². The summed E-state index contributed by atoms with van der Waals surface area (Å²) < 4.78 is 5.90. The van der Waals surface area contributed by atoms with Gasteiger partial charge in [-0.2, -0.15) is 0 Å². The minimum Gasteiger partial charge on any atom is -0.450 e. The SMILES string of the molecule is O=C1c2oc3ccccc3c(=O)c2[C@H](c2cccnc2)N1Cc1ccccc1Cl. The number of hydrogen-bond donors (Lipinski definition) is 0. The molecule has 0 N–H and O–H groups in total. The molecule has 0 saturated carbocycles. The molecule has 0 spiro atoms. The summed E-state index contributed by atoms with van der Waals surface area (Å²) >= 11 is 6.34. The van der Waals surface area contributed by atoms with Gasteiger partial charge in [0.15, 0.2) is 5.43 Å². The van der Waals surface area contributed by atoms with Crippen LogP contribution in [-0.2, 0) is 6.54 Å². The lowest BCUT2D eigenvalue weighted by Gasteiger charge is -2.25. The summed E-state index contributed by atoms with van der Waals surface area (Å²) in [4.78, 5) is 32.5. The molecule has 5 nitrogen and oxygen atoms in total. The topological polar surface area (TPSA) is 63.4 Å². The molecule has 1 aliphatic rings. The molecule has 6 heteroatoms. The first-order valence-corrected chi connectivity index (χ1v) is 9.53. The van der Waals surface area contributed by atoms with Crippen LogP contribution in [0.25, 0.3) is 11.0 Å². The molecule has 2 aromatic carbocycles. The molecule has 4 aromatic rings. The van der Waals surface area contributed by atoms with E-state index in [2.05, 4.69) is 4.98 Å². The van der Waals surface area contributed by atoms with E-state index in [9.17, 15) is 9.59 Å². The largest absolute Gasteiger partial charge is 0.450 e. The van der Waals surface area contributed by atoms with Gasteiger partial charge in [0.25, 0.3) is 5.91 Å². The van der Waals surface area contributed by atoms with Crippen molar-refractivity contribution in [3.63, 3.8) is 0 Å². The number of pyridine rings is 1. The van der Waals surface area contributed by atoms with E-state index < -0.39 is 6.04 Å². The predicted molar refractivity (Wildman–Crippen MR) is 110 cm³/mol. The molecule has 1 atom stereocenters. The van der Waals surface area contributed by atoms with Crippen molar-refractivity contribution in [1.82, 2.24) is 9.88 Å². The van der Waals surface area contributed by atoms with Crippen molar-refractivity contribution < 1.29 is 9.21 Å². The van der Waals surface area contributed by atoms with Crippen molar-refractivity contribution in [2.45, 2.75) is 12.6 Å². The molecule has 0 aliphatic carbocycles. The fourth-order valence-corrected chi connectivity index (χ4v) is 4.02. The molecule has 2 aromatic heterocycles. The van der Waals surface area contributed by atoms with Crippen LogP contribution in [0.2, 0.25) is 5.02 Å². The number of nitrogens with zero attached hydrogens (tertiary/aromatic N) is 2. The second kappa shape index (κ2) is 6.87. The van der Waals surface area contributed by atoms with Crippen LogP contribution in [0.3, 0.4) is 0 Å². The summed E-state index contributed by atoms with van der Waals surface area (Å²) in [5.74, 6) is -0.258. The average Bonchev–Trinajstić information content (AvgIpc) is 3.03. The number of halogens is 1. The molecular weight excluding hydrogens is 388 g/mol. The third-order valence-electron chi connectivity index (χ3n) is 5.17. The van der Waals surface area contributed by atoms with Crippen LogP contribution in [0.4, 0.5) is 0 Å². The number of rotatable bonds is 3. The van der Waals surface area contributed by atoms with Gasteiger partial charge in [-0.1, -0.05) is 48.0 Å². The number of carbonyl (C=O) groups is 1. The lowest BCUT2D eigenvalue weighted by Crippen LogP contribution is -2.29. The Morgan fingerprint density at radius 1 is 1.00 bits per heavy atom. The van der Waals surface area contributed by atoms with Gasteiger partial charge in [-0.3, -0.25) is 14.6 Å². The minimum absolute atomic E-state index is 0.0783. The quantitative estimate of drug-likeness (QED) is 0.503. The van der Waals surface area contributed by atoms with Crippen LogP contribution in [0, 0.1) is 0 Å². The lowest BCUT2D eigenvalue weighted by molar-refractivity contribution is 0.0714. The van der Waals surface area contributed by atoms with Gasteiger partial charge >= 0.3 is 0 Å². The predicted octanol–water partition coefficient (Wildman–Crippen LogP) is 4.59. The second-order valence-electron chi connectivity index (χ2n) is 6.88. The Morgan fingerprint density at radius 3 is 2.59 bits per heavy atom. The number of fused-ring (bicyclic) bond motifs is 2. The number of benzene rings is 2. The highest BCUT2D eigenvalue weighted by atomic mass is 35.5. The molecule has 142 valence electrons. The molecule has 0 unspecified atom stereocenters. The molecule has 1 aliphatic heterocycles. The molecule has 1 amide bonds. The summed E-state index contributed by atoms with van der Waals surface area (Å²) in [6, 6.07) is 17.4. The maximum Gasteiger partial charge on any atom is 0.291 e. The highest BCUT2D eigenvalue weighted by Gasteiger charge is 2.42. The maximum absolute atomic E-state index is 13.3. The Morgan fingerprint density at radius 2 is 1.79 bits per heavy atom. The van der Waals surface area contributed by atoms with Gasteiger partial charge in [-0.25, -0.2) is 0 Å². The van der Waals surface area contributed by atoms with Gasteiger partial charge in [0.2, 0.25) is 5.76 Å². The first-order chi connectivity index (χ1) is 14.1. The Kier molecular flexibility index (Phi) is 4.18. The molecule has 5 rings (SSSR count). The van der Waals surface area contributed by atoms with E-state index in [1.807, 2.05) is 24.3 Å². The van der Waals surface area contributed by atoms with Crippen LogP contribution < -0.4 is 5.43 Å². The Hall–Kier alpha value is -3.44. The van der Waals surface area contributed by atoms with Crippen LogP contribution in [0.15, 0.2) is 82.3 Å². The Labute approximate surface area is 171 Å². The third-order valence-corrected chi connectivity index (χ3v) is 5.54. The smallest absolute Gasteiger partial charge is 0.291 e. The molecule has 0 fully saturated rings. The summed E-state index contributed by atoms with van der Waals surface area (Å²) in [5.41, 5.74) is 2.07. The minimum atomic E-state index is -0.594. The van der Waals surface area contributed by atoms with Gasteiger partial charge in [0, 0.05) is 24.0 Å². The Balaban J connectivity index is 1.74. The van der Waals surface area contributed by atoms with Gasteiger partial charge in [0.1, 0.15) is 5.58 Å². The van der Waals surface area contributed by atoms with Crippen molar-refractivity contribution in [2.75, 3.05) is 0 Å². The van der Waals surface area contributed by atoms with Crippen molar-refractivity contribution in [2.24, 2.45) is 0 Å². The fourth-order valence-electron chi connectivity index (χ4n) is 3.82. The molecule has 0 bridgehead atoms. The highest BCUT2D eigenvalue weighted by Crippen LogP contribution is 2.39. The Bertz CT molecular complexity index is 1300. The average molecular weight is 403 g/mol. The van der Waals surface area contributed by atoms with Crippen molar-refractivity contribution in [3.8, 4) is 0 Å².